The highest BCUT2D eigenvalue weighted by molar-refractivity contribution is 14.1. The van der Waals surface area contributed by atoms with Crippen molar-refractivity contribution in [1.29, 1.82) is 0 Å². The van der Waals surface area contributed by atoms with Crippen LogP contribution in [0.4, 0.5) is 0 Å². The summed E-state index contributed by atoms with van der Waals surface area (Å²) in [6.45, 7) is 1.98. The van der Waals surface area contributed by atoms with Gasteiger partial charge in [0, 0.05) is 9.99 Å². The predicted molar refractivity (Wildman–Crippen MR) is 84.9 cm³/mol. The van der Waals surface area contributed by atoms with Crippen LogP contribution in [0.2, 0.25) is 0 Å². The molecule has 0 aliphatic heterocycles. The van der Waals surface area contributed by atoms with Gasteiger partial charge in [0.15, 0.2) is 5.78 Å². The van der Waals surface area contributed by atoms with Crippen LogP contribution in [0, 0.1) is 10.5 Å². The van der Waals surface area contributed by atoms with Gasteiger partial charge in [0.05, 0.1) is 12.7 Å². The quantitative estimate of drug-likeness (QED) is 0.603. The van der Waals surface area contributed by atoms with Crippen molar-refractivity contribution in [2.24, 2.45) is 0 Å². The molecule has 0 amide bonds. The summed E-state index contributed by atoms with van der Waals surface area (Å²) in [5.74, 6) is 0.730. The van der Waals surface area contributed by atoms with E-state index in [0.717, 1.165) is 11.1 Å². The lowest BCUT2D eigenvalue weighted by Gasteiger charge is -2.08. The Bertz CT molecular complexity index is 588. The molecule has 0 N–H and O–H groups in total. The molecule has 2 rings (SSSR count). The molecule has 3 heteroatoms. The third kappa shape index (κ3) is 3.56. The number of hydrogen-bond donors (Lipinski definition) is 0. The van der Waals surface area contributed by atoms with Crippen molar-refractivity contribution in [2.75, 3.05) is 7.11 Å². The lowest BCUT2D eigenvalue weighted by atomic mass is 10.0. The highest BCUT2D eigenvalue weighted by Crippen LogP contribution is 2.22. The maximum atomic E-state index is 12.3. The van der Waals surface area contributed by atoms with Gasteiger partial charge in [-0.05, 0) is 64.9 Å². The van der Waals surface area contributed by atoms with E-state index in [1.54, 1.807) is 7.11 Å². The first-order valence-electron chi connectivity index (χ1n) is 6.02. The second kappa shape index (κ2) is 6.19. The van der Waals surface area contributed by atoms with Gasteiger partial charge in [0.25, 0.3) is 0 Å². The first kappa shape index (κ1) is 14.1. The molecule has 0 heterocycles. The van der Waals surface area contributed by atoms with Crippen LogP contribution < -0.4 is 4.74 Å². The molecule has 0 spiro atoms. The minimum absolute atomic E-state index is 0.0815. The van der Waals surface area contributed by atoms with Gasteiger partial charge in [0.1, 0.15) is 5.75 Å². The maximum Gasteiger partial charge on any atom is 0.170 e. The van der Waals surface area contributed by atoms with Gasteiger partial charge < -0.3 is 4.74 Å². The van der Waals surface area contributed by atoms with E-state index >= 15 is 0 Å². The average molecular weight is 366 g/mol. The Kier molecular flexibility index (Phi) is 4.58. The van der Waals surface area contributed by atoms with Gasteiger partial charge in [-0.1, -0.05) is 18.2 Å². The number of carbonyl (C=O) groups excluding carboxylic acids is 1. The molecule has 0 aliphatic carbocycles. The SMILES string of the molecule is COc1cc(C)ccc1C(=O)Cc1ccc(I)cc1. The number of methoxy groups -OCH3 is 1. The fraction of sp³-hybridized carbons (Fsp3) is 0.188. The van der Waals surface area contributed by atoms with Gasteiger partial charge >= 0.3 is 0 Å². The van der Waals surface area contributed by atoms with Gasteiger partial charge in [-0.25, -0.2) is 0 Å². The summed E-state index contributed by atoms with van der Waals surface area (Å²) in [6.07, 6.45) is 0.399. The van der Waals surface area contributed by atoms with Crippen LogP contribution in [-0.2, 0) is 6.42 Å². The lowest BCUT2D eigenvalue weighted by molar-refractivity contribution is 0.0990. The normalized spacial score (nSPS) is 10.3. The van der Waals surface area contributed by atoms with Crippen molar-refractivity contribution in [3.63, 3.8) is 0 Å². The zero-order valence-corrected chi connectivity index (χ0v) is 13.1. The number of ketones is 1. The second-order valence-corrected chi connectivity index (χ2v) is 5.68. The Morgan fingerprint density at radius 3 is 2.47 bits per heavy atom. The van der Waals surface area contributed by atoms with Crippen molar-refractivity contribution < 1.29 is 9.53 Å². The molecule has 0 radical (unpaired) electrons. The summed E-state index contributed by atoms with van der Waals surface area (Å²) in [6, 6.07) is 13.7. The summed E-state index contributed by atoms with van der Waals surface area (Å²) < 4.78 is 6.45. The van der Waals surface area contributed by atoms with E-state index in [-0.39, 0.29) is 5.78 Å². The molecule has 2 aromatic rings. The average Bonchev–Trinajstić information content (AvgIpc) is 2.41. The van der Waals surface area contributed by atoms with Crippen LogP contribution in [0.3, 0.4) is 0 Å². The minimum atomic E-state index is 0.0815. The largest absolute Gasteiger partial charge is 0.496 e. The van der Waals surface area contributed by atoms with Gasteiger partial charge in [-0.15, -0.1) is 0 Å². The number of ether oxygens (including phenoxy) is 1. The van der Waals surface area contributed by atoms with Gasteiger partial charge in [0.2, 0.25) is 0 Å². The maximum absolute atomic E-state index is 12.3. The molecular weight excluding hydrogens is 351 g/mol. The molecule has 0 aliphatic rings. The molecule has 19 heavy (non-hydrogen) atoms. The third-order valence-electron chi connectivity index (χ3n) is 2.94. The summed E-state index contributed by atoms with van der Waals surface area (Å²) in [4.78, 5) is 12.3. The van der Waals surface area contributed by atoms with Crippen molar-refractivity contribution in [1.82, 2.24) is 0 Å². The Morgan fingerprint density at radius 2 is 1.84 bits per heavy atom. The number of Topliss-reactive ketones (excluding diaryl/α,β-unsaturated/α-hetero) is 1. The van der Waals surface area contributed by atoms with Crippen LogP contribution >= 0.6 is 22.6 Å². The second-order valence-electron chi connectivity index (χ2n) is 4.43. The van der Waals surface area contributed by atoms with E-state index in [9.17, 15) is 4.79 Å². The number of rotatable bonds is 4. The predicted octanol–water partition coefficient (Wildman–Crippen LogP) is 4.03. The lowest BCUT2D eigenvalue weighted by Crippen LogP contribution is -2.06. The fourth-order valence-electron chi connectivity index (χ4n) is 1.91. The Balaban J connectivity index is 2.22. The minimum Gasteiger partial charge on any atom is -0.496 e. The van der Waals surface area contributed by atoms with Gasteiger partial charge in [-0.3, -0.25) is 4.79 Å². The zero-order chi connectivity index (χ0) is 13.8. The Labute approximate surface area is 126 Å². The molecular formula is C16H15IO2. The van der Waals surface area contributed by atoms with E-state index in [2.05, 4.69) is 22.6 Å². The summed E-state index contributed by atoms with van der Waals surface area (Å²) in [5.41, 5.74) is 2.75. The highest BCUT2D eigenvalue weighted by atomic mass is 127. The van der Waals surface area contributed by atoms with Crippen molar-refractivity contribution in [3.05, 3.63) is 62.7 Å². The Morgan fingerprint density at radius 1 is 1.16 bits per heavy atom. The topological polar surface area (TPSA) is 26.3 Å². The molecule has 0 fully saturated rings. The molecule has 0 atom stereocenters. The summed E-state index contributed by atoms with van der Waals surface area (Å²) in [7, 11) is 1.59. The molecule has 0 aromatic heterocycles. The monoisotopic (exact) mass is 366 g/mol. The van der Waals surface area contributed by atoms with Crippen LogP contribution in [0.5, 0.6) is 5.75 Å². The van der Waals surface area contributed by atoms with Crippen molar-refractivity contribution >= 4 is 28.4 Å². The highest BCUT2D eigenvalue weighted by Gasteiger charge is 2.12. The molecule has 0 bridgehead atoms. The number of benzene rings is 2. The number of hydrogen-bond acceptors (Lipinski definition) is 2. The van der Waals surface area contributed by atoms with Crippen molar-refractivity contribution in [3.8, 4) is 5.75 Å². The summed E-state index contributed by atoms with van der Waals surface area (Å²) >= 11 is 2.25. The molecule has 0 unspecified atom stereocenters. The standard InChI is InChI=1S/C16H15IO2/c1-11-3-8-14(16(9-11)19-2)15(18)10-12-4-6-13(17)7-5-12/h3-9H,10H2,1-2H3. The molecule has 0 saturated heterocycles. The zero-order valence-electron chi connectivity index (χ0n) is 10.9. The fourth-order valence-corrected chi connectivity index (χ4v) is 2.27. The number of carbonyl (C=O) groups is 1. The van der Waals surface area contributed by atoms with E-state index in [1.807, 2.05) is 49.4 Å². The van der Waals surface area contributed by atoms with Crippen LogP contribution in [0.25, 0.3) is 0 Å². The number of halogens is 1. The molecule has 98 valence electrons. The van der Waals surface area contributed by atoms with Gasteiger partial charge in [-0.2, -0.15) is 0 Å². The van der Waals surface area contributed by atoms with Crippen LogP contribution in [-0.4, -0.2) is 12.9 Å². The first-order valence-corrected chi connectivity index (χ1v) is 7.10. The first-order chi connectivity index (χ1) is 9.10. The molecule has 2 aromatic carbocycles. The van der Waals surface area contributed by atoms with Crippen molar-refractivity contribution in [2.45, 2.75) is 13.3 Å². The summed E-state index contributed by atoms with van der Waals surface area (Å²) in [5, 5.41) is 0. The number of aryl methyl sites for hydroxylation is 1. The van der Waals surface area contributed by atoms with Crippen LogP contribution in [0.15, 0.2) is 42.5 Å². The molecule has 2 nitrogen and oxygen atoms in total. The Hall–Kier alpha value is -1.36. The van der Waals surface area contributed by atoms with E-state index in [4.69, 9.17) is 4.74 Å². The van der Waals surface area contributed by atoms with Crippen LogP contribution in [0.1, 0.15) is 21.5 Å². The van der Waals surface area contributed by atoms with E-state index in [0.29, 0.717) is 17.7 Å². The third-order valence-corrected chi connectivity index (χ3v) is 3.65. The smallest absolute Gasteiger partial charge is 0.170 e. The van der Waals surface area contributed by atoms with E-state index < -0.39 is 0 Å². The van der Waals surface area contributed by atoms with E-state index in [1.165, 1.54) is 3.57 Å². The molecule has 0 saturated carbocycles.